The van der Waals surface area contributed by atoms with E-state index in [4.69, 9.17) is 9.47 Å². The van der Waals surface area contributed by atoms with Crippen molar-refractivity contribution >= 4 is 5.90 Å². The van der Waals surface area contributed by atoms with Gasteiger partial charge >= 0.3 is 0 Å². The number of rotatable bonds is 3. The summed E-state index contributed by atoms with van der Waals surface area (Å²) in [5.41, 5.74) is 1.22. The largest absolute Gasteiger partial charge is 0.499 e. The van der Waals surface area contributed by atoms with Gasteiger partial charge in [0.15, 0.2) is 0 Å². The number of hydrogen-bond donors (Lipinski definition) is 1. The van der Waals surface area contributed by atoms with Crippen LogP contribution < -0.4 is 0 Å². The molecule has 0 amide bonds. The van der Waals surface area contributed by atoms with Crippen LogP contribution in [0.5, 0.6) is 0 Å². The summed E-state index contributed by atoms with van der Waals surface area (Å²) in [6.07, 6.45) is 0.377. The Kier molecular flexibility index (Phi) is 3.22. The van der Waals surface area contributed by atoms with Gasteiger partial charge in [-0.15, -0.1) is 0 Å². The quantitative estimate of drug-likeness (QED) is 0.786. The molecule has 0 saturated carbocycles. The van der Waals surface area contributed by atoms with Crippen LogP contribution in [0.2, 0.25) is 0 Å². The highest BCUT2D eigenvalue weighted by molar-refractivity contribution is 5.96. The normalized spacial score (nSPS) is 21.8. The van der Waals surface area contributed by atoms with Gasteiger partial charge in [-0.05, 0) is 19.1 Å². The summed E-state index contributed by atoms with van der Waals surface area (Å²) in [5, 5.41) is 9.56. The van der Waals surface area contributed by atoms with Crippen molar-refractivity contribution < 1.29 is 14.6 Å². The molecule has 1 aliphatic rings. The summed E-state index contributed by atoms with van der Waals surface area (Å²) in [7, 11) is 0. The Morgan fingerprint density at radius 3 is 2.88 bits per heavy atom. The van der Waals surface area contributed by atoms with Gasteiger partial charge in [-0.3, -0.25) is 0 Å². The van der Waals surface area contributed by atoms with Crippen LogP contribution in [0.3, 0.4) is 0 Å². The second kappa shape index (κ2) is 4.81. The van der Waals surface area contributed by atoms with Gasteiger partial charge in [-0.1, -0.05) is 18.2 Å². The highest BCUT2D eigenvalue weighted by Gasteiger charge is 2.24. The molecule has 1 aromatic rings. The number of benzene rings is 1. The number of aliphatic hydroxyl groups excluding tert-OH is 1. The number of nitrogens with zero attached hydrogens (tertiary/aromatic N) is 1. The Hall–Kier alpha value is -1.81. The van der Waals surface area contributed by atoms with Gasteiger partial charge in [0.2, 0.25) is 12.2 Å². The average Bonchev–Trinajstić information content (AvgIpc) is 2.69. The van der Waals surface area contributed by atoms with E-state index in [1.54, 1.807) is 0 Å². The second-order valence-electron chi connectivity index (χ2n) is 3.25. The molecule has 1 atom stereocenters. The monoisotopic (exact) mass is 219 g/mol. The van der Waals surface area contributed by atoms with E-state index in [0.29, 0.717) is 18.2 Å². The van der Waals surface area contributed by atoms with E-state index in [1.165, 1.54) is 6.26 Å². The van der Waals surface area contributed by atoms with Gasteiger partial charge in [0.1, 0.15) is 12.0 Å². The molecule has 1 aromatic carbocycles. The molecule has 0 fully saturated rings. The van der Waals surface area contributed by atoms with Gasteiger partial charge in [-0.2, -0.15) is 0 Å². The molecule has 2 rings (SSSR count). The maximum Gasteiger partial charge on any atom is 0.246 e. The molecule has 0 radical (unpaired) electrons. The zero-order chi connectivity index (χ0) is 11.4. The highest BCUT2D eigenvalue weighted by Crippen LogP contribution is 2.19. The first-order chi connectivity index (χ1) is 7.81. The van der Waals surface area contributed by atoms with Crippen molar-refractivity contribution in [1.29, 1.82) is 0 Å². The van der Waals surface area contributed by atoms with Gasteiger partial charge in [0, 0.05) is 5.56 Å². The van der Waals surface area contributed by atoms with E-state index < -0.39 is 6.29 Å². The van der Waals surface area contributed by atoms with Crippen LogP contribution in [0.4, 0.5) is 0 Å². The van der Waals surface area contributed by atoms with Crippen molar-refractivity contribution in [2.24, 2.45) is 4.99 Å². The molecule has 1 N–H and O–H groups in total. The minimum absolute atomic E-state index is 0.390. The molecule has 0 bridgehead atoms. The van der Waals surface area contributed by atoms with Crippen molar-refractivity contribution in [3.8, 4) is 0 Å². The lowest BCUT2D eigenvalue weighted by Gasteiger charge is -2.04. The predicted octanol–water partition coefficient (Wildman–Crippen LogP) is 1.66. The SMILES string of the molecule is CCO/C=C1\N=C(c2ccccc2)OC1O. The fraction of sp³-hybridized carbons (Fsp3) is 0.250. The van der Waals surface area contributed by atoms with E-state index in [9.17, 15) is 5.11 Å². The Labute approximate surface area is 93.8 Å². The third-order valence-corrected chi connectivity index (χ3v) is 2.10. The Morgan fingerprint density at radius 1 is 1.44 bits per heavy atom. The van der Waals surface area contributed by atoms with Crippen LogP contribution in [-0.2, 0) is 9.47 Å². The smallest absolute Gasteiger partial charge is 0.246 e. The molecule has 84 valence electrons. The van der Waals surface area contributed by atoms with Crippen molar-refractivity contribution in [3.63, 3.8) is 0 Å². The van der Waals surface area contributed by atoms with Crippen LogP contribution >= 0.6 is 0 Å². The maximum atomic E-state index is 9.56. The van der Waals surface area contributed by atoms with E-state index >= 15 is 0 Å². The van der Waals surface area contributed by atoms with Crippen molar-refractivity contribution in [2.45, 2.75) is 13.2 Å². The standard InChI is InChI=1S/C12H13NO3/c1-2-15-8-10-12(14)16-11(13-10)9-6-4-3-5-7-9/h3-8,12,14H,2H2,1H3/b10-8-. The number of ether oxygens (including phenoxy) is 2. The molecule has 0 aliphatic carbocycles. The number of hydrogen-bond acceptors (Lipinski definition) is 4. The predicted molar refractivity (Wildman–Crippen MR) is 59.8 cm³/mol. The van der Waals surface area contributed by atoms with Gasteiger partial charge in [0.25, 0.3) is 0 Å². The topological polar surface area (TPSA) is 51.0 Å². The molecule has 1 aliphatic heterocycles. The third-order valence-electron chi connectivity index (χ3n) is 2.10. The summed E-state index contributed by atoms with van der Waals surface area (Å²) in [6.45, 7) is 2.40. The first-order valence-electron chi connectivity index (χ1n) is 5.11. The Morgan fingerprint density at radius 2 is 2.19 bits per heavy atom. The molecule has 1 heterocycles. The number of aliphatic imine (C=N–C) groups is 1. The van der Waals surface area contributed by atoms with Gasteiger partial charge in [-0.25, -0.2) is 4.99 Å². The zero-order valence-corrected chi connectivity index (χ0v) is 8.96. The summed E-state index contributed by atoms with van der Waals surface area (Å²) >= 11 is 0. The van der Waals surface area contributed by atoms with Gasteiger partial charge < -0.3 is 14.6 Å². The average molecular weight is 219 g/mol. The van der Waals surface area contributed by atoms with Crippen molar-refractivity contribution in [1.82, 2.24) is 0 Å². The first-order valence-corrected chi connectivity index (χ1v) is 5.11. The number of aliphatic hydroxyl groups is 1. The summed E-state index contributed by atoms with van der Waals surface area (Å²) in [5.74, 6) is 0.416. The summed E-state index contributed by atoms with van der Waals surface area (Å²) < 4.78 is 10.3. The van der Waals surface area contributed by atoms with Crippen LogP contribution in [0.25, 0.3) is 0 Å². The summed E-state index contributed by atoms with van der Waals surface area (Å²) in [6, 6.07) is 9.42. The fourth-order valence-corrected chi connectivity index (χ4v) is 1.33. The third kappa shape index (κ3) is 2.23. The van der Waals surface area contributed by atoms with Crippen LogP contribution in [0.15, 0.2) is 47.3 Å². The van der Waals surface area contributed by atoms with E-state index in [-0.39, 0.29) is 0 Å². The Bertz CT molecular complexity index is 412. The molecular formula is C12H13NO3. The van der Waals surface area contributed by atoms with Crippen molar-refractivity contribution in [2.75, 3.05) is 6.61 Å². The second-order valence-corrected chi connectivity index (χ2v) is 3.25. The van der Waals surface area contributed by atoms with Crippen LogP contribution in [-0.4, -0.2) is 23.9 Å². The van der Waals surface area contributed by atoms with Crippen LogP contribution in [0.1, 0.15) is 12.5 Å². The molecule has 0 saturated heterocycles. The maximum absolute atomic E-state index is 9.56. The van der Waals surface area contributed by atoms with Crippen molar-refractivity contribution in [3.05, 3.63) is 47.9 Å². The molecule has 4 nitrogen and oxygen atoms in total. The zero-order valence-electron chi connectivity index (χ0n) is 8.96. The van der Waals surface area contributed by atoms with E-state index in [0.717, 1.165) is 5.56 Å². The molecule has 16 heavy (non-hydrogen) atoms. The molecular weight excluding hydrogens is 206 g/mol. The molecule has 0 aromatic heterocycles. The molecule has 4 heteroatoms. The lowest BCUT2D eigenvalue weighted by Crippen LogP contribution is -2.11. The van der Waals surface area contributed by atoms with Gasteiger partial charge in [0.05, 0.1) is 6.61 Å². The van der Waals surface area contributed by atoms with E-state index in [1.807, 2.05) is 37.3 Å². The lowest BCUT2D eigenvalue weighted by atomic mass is 10.2. The minimum Gasteiger partial charge on any atom is -0.499 e. The summed E-state index contributed by atoms with van der Waals surface area (Å²) in [4.78, 5) is 4.16. The lowest BCUT2D eigenvalue weighted by molar-refractivity contribution is 0.0145. The molecule has 1 unspecified atom stereocenters. The van der Waals surface area contributed by atoms with E-state index in [2.05, 4.69) is 4.99 Å². The fourth-order valence-electron chi connectivity index (χ4n) is 1.33. The highest BCUT2D eigenvalue weighted by atomic mass is 16.6. The molecule has 0 spiro atoms. The first kappa shape index (κ1) is 10.7. The minimum atomic E-state index is -1.04. The Balaban J connectivity index is 2.20. The van der Waals surface area contributed by atoms with Crippen LogP contribution in [0, 0.1) is 0 Å².